The van der Waals surface area contributed by atoms with Gasteiger partial charge in [0.1, 0.15) is 30.2 Å². The number of ether oxygens (including phenoxy) is 3. The largest absolute Gasteiger partial charge is 0.490 e. The van der Waals surface area contributed by atoms with Gasteiger partial charge in [0, 0.05) is 17.7 Å². The summed E-state index contributed by atoms with van der Waals surface area (Å²) in [5.74, 6) is -0.892. The molecular formula is C27H31ClO7. The van der Waals surface area contributed by atoms with E-state index in [0.717, 1.165) is 16.9 Å². The van der Waals surface area contributed by atoms with E-state index in [2.05, 4.69) is 0 Å². The van der Waals surface area contributed by atoms with Crippen molar-refractivity contribution in [3.63, 3.8) is 0 Å². The molecule has 4 aliphatic rings. The summed E-state index contributed by atoms with van der Waals surface area (Å²) in [6, 6.07) is 13.1. The molecule has 3 aliphatic carbocycles. The van der Waals surface area contributed by atoms with Crippen LogP contribution >= 0.6 is 11.6 Å². The smallest absolute Gasteiger partial charge is 0.224 e. The Bertz CT molecular complexity index is 1100. The molecule has 188 valence electrons. The number of methoxy groups -OCH3 is 1. The fourth-order valence-corrected chi connectivity index (χ4v) is 6.78. The van der Waals surface area contributed by atoms with Crippen LogP contribution in [-0.2, 0) is 21.7 Å². The van der Waals surface area contributed by atoms with E-state index in [0.29, 0.717) is 33.9 Å². The standard InChI is InChI=1S/C27H31ClO7/c1-33-27(24(32)23(31)22(30)21(12-29)35-27)17-4-7-20(28)16(9-17)8-15-2-5-18(6-3-15)34-19-10-25-13-26(25,11-19)14-25/h2-7,9,19,21-24,29-32H,8,10-14H2,1H3/t19?,21-,22-,23+,24-,25?,26?,27-/m1/s1. The van der Waals surface area contributed by atoms with Gasteiger partial charge in [0.25, 0.3) is 0 Å². The fourth-order valence-electron chi connectivity index (χ4n) is 6.60. The lowest BCUT2D eigenvalue weighted by molar-refractivity contribution is -0.366. The molecule has 0 bridgehead atoms. The van der Waals surface area contributed by atoms with Gasteiger partial charge in [-0.15, -0.1) is 0 Å². The molecule has 1 saturated heterocycles. The van der Waals surface area contributed by atoms with Gasteiger partial charge < -0.3 is 34.6 Å². The van der Waals surface area contributed by atoms with Gasteiger partial charge in [-0.2, -0.15) is 0 Å². The minimum atomic E-state index is -1.77. The van der Waals surface area contributed by atoms with E-state index >= 15 is 0 Å². The lowest BCUT2D eigenvalue weighted by Gasteiger charge is -2.47. The van der Waals surface area contributed by atoms with Gasteiger partial charge in [-0.25, -0.2) is 0 Å². The average molecular weight is 503 g/mol. The van der Waals surface area contributed by atoms with E-state index in [1.807, 2.05) is 24.3 Å². The summed E-state index contributed by atoms with van der Waals surface area (Å²) in [6.07, 6.45) is 0.319. The van der Waals surface area contributed by atoms with Crippen molar-refractivity contribution < 1.29 is 34.6 Å². The van der Waals surface area contributed by atoms with Gasteiger partial charge in [0.15, 0.2) is 0 Å². The molecule has 3 saturated carbocycles. The van der Waals surface area contributed by atoms with Gasteiger partial charge in [0.2, 0.25) is 5.79 Å². The number of halogens is 1. The number of aliphatic hydroxyl groups is 4. The van der Waals surface area contributed by atoms with Crippen molar-refractivity contribution in [2.24, 2.45) is 10.8 Å². The van der Waals surface area contributed by atoms with Crippen LogP contribution in [0.3, 0.4) is 0 Å². The lowest BCUT2D eigenvalue weighted by atomic mass is 9.87. The van der Waals surface area contributed by atoms with Gasteiger partial charge >= 0.3 is 0 Å². The molecule has 0 unspecified atom stereocenters. The minimum Gasteiger partial charge on any atom is -0.490 e. The average Bonchev–Trinajstić information content (AvgIpc) is 3.59. The summed E-state index contributed by atoms with van der Waals surface area (Å²) in [4.78, 5) is 0. The predicted octanol–water partition coefficient (Wildman–Crippen LogP) is 2.53. The lowest BCUT2D eigenvalue weighted by Crippen LogP contribution is -2.64. The third kappa shape index (κ3) is 3.63. The van der Waals surface area contributed by atoms with Crippen molar-refractivity contribution in [2.45, 2.75) is 68.4 Å². The summed E-state index contributed by atoms with van der Waals surface area (Å²) in [5, 5.41) is 41.4. The van der Waals surface area contributed by atoms with Crippen LogP contribution in [0.15, 0.2) is 42.5 Å². The van der Waals surface area contributed by atoms with E-state index < -0.39 is 36.8 Å². The van der Waals surface area contributed by atoms with Crippen molar-refractivity contribution in [1.29, 1.82) is 0 Å². The molecule has 4 fully saturated rings. The summed E-state index contributed by atoms with van der Waals surface area (Å²) in [5.41, 5.74) is 3.51. The third-order valence-corrected chi connectivity index (χ3v) is 9.16. The summed E-state index contributed by atoms with van der Waals surface area (Å²) < 4.78 is 17.6. The Morgan fingerprint density at radius 3 is 2.31 bits per heavy atom. The van der Waals surface area contributed by atoms with Crippen LogP contribution < -0.4 is 4.74 Å². The van der Waals surface area contributed by atoms with E-state index in [1.54, 1.807) is 18.2 Å². The molecular weight excluding hydrogens is 472 g/mol. The van der Waals surface area contributed by atoms with Gasteiger partial charge in [0.05, 0.1) is 12.7 Å². The molecule has 0 spiro atoms. The van der Waals surface area contributed by atoms with Gasteiger partial charge in [-0.1, -0.05) is 29.8 Å². The van der Waals surface area contributed by atoms with E-state index in [-0.39, 0.29) is 0 Å². The number of hydrogen-bond donors (Lipinski definition) is 4. The maximum absolute atomic E-state index is 10.8. The zero-order valence-electron chi connectivity index (χ0n) is 19.6. The topological polar surface area (TPSA) is 109 Å². The highest BCUT2D eigenvalue weighted by atomic mass is 35.5. The van der Waals surface area contributed by atoms with Crippen molar-refractivity contribution in [3.8, 4) is 5.75 Å². The molecule has 0 aromatic heterocycles. The summed E-state index contributed by atoms with van der Waals surface area (Å²) >= 11 is 6.50. The van der Waals surface area contributed by atoms with Crippen LogP contribution in [0, 0.1) is 10.8 Å². The van der Waals surface area contributed by atoms with E-state index in [1.165, 1.54) is 32.8 Å². The molecule has 8 heteroatoms. The van der Waals surface area contributed by atoms with Crippen LogP contribution in [0.2, 0.25) is 5.02 Å². The first-order valence-electron chi connectivity index (χ1n) is 12.2. The quantitative estimate of drug-likeness (QED) is 0.460. The highest BCUT2D eigenvalue weighted by Gasteiger charge is 2.86. The van der Waals surface area contributed by atoms with Gasteiger partial charge in [-0.05, 0) is 78.3 Å². The van der Waals surface area contributed by atoms with Crippen molar-refractivity contribution in [1.82, 2.24) is 0 Å². The van der Waals surface area contributed by atoms with Crippen LogP contribution in [0.5, 0.6) is 5.75 Å². The number of hydrogen-bond acceptors (Lipinski definition) is 7. The Morgan fingerprint density at radius 2 is 1.69 bits per heavy atom. The summed E-state index contributed by atoms with van der Waals surface area (Å²) in [7, 11) is 1.34. The first kappa shape index (κ1) is 23.7. The van der Waals surface area contributed by atoms with Crippen molar-refractivity contribution in [2.75, 3.05) is 13.7 Å². The molecule has 4 N–H and O–H groups in total. The minimum absolute atomic E-state index is 0.332. The second kappa shape index (κ2) is 8.15. The van der Waals surface area contributed by atoms with Crippen LogP contribution in [0.25, 0.3) is 0 Å². The number of benzene rings is 2. The Morgan fingerprint density at radius 1 is 1.00 bits per heavy atom. The molecule has 0 radical (unpaired) electrons. The van der Waals surface area contributed by atoms with E-state index in [4.69, 9.17) is 25.8 Å². The molecule has 0 amide bonds. The number of rotatable bonds is 7. The van der Waals surface area contributed by atoms with Crippen molar-refractivity contribution >= 4 is 11.6 Å². The highest BCUT2D eigenvalue weighted by molar-refractivity contribution is 6.31. The third-order valence-electron chi connectivity index (χ3n) is 8.79. The normalized spacial score (nSPS) is 41.3. The SMILES string of the molecule is CO[C@]1(c2ccc(Cl)c(Cc3ccc(OC4CC56CC5(C4)C6)cc3)c2)O[C@H](CO)[C@@H](O)[C@H](O)[C@H]1O. The number of aliphatic hydroxyl groups excluding tert-OH is 4. The fraction of sp³-hybridized carbons (Fsp3) is 0.556. The zero-order chi connectivity index (χ0) is 24.6. The summed E-state index contributed by atoms with van der Waals surface area (Å²) in [6.45, 7) is -0.548. The van der Waals surface area contributed by atoms with Crippen molar-refractivity contribution in [3.05, 3.63) is 64.2 Å². The van der Waals surface area contributed by atoms with Gasteiger partial charge in [-0.3, -0.25) is 0 Å². The highest BCUT2D eigenvalue weighted by Crippen LogP contribution is 2.93. The Hall–Kier alpha value is -1.71. The molecule has 2 aromatic carbocycles. The second-order valence-corrected chi connectivity index (χ2v) is 11.2. The maximum Gasteiger partial charge on any atom is 0.224 e. The van der Waals surface area contributed by atoms with Crippen LogP contribution in [-0.4, -0.2) is 64.7 Å². The van der Waals surface area contributed by atoms with E-state index in [9.17, 15) is 20.4 Å². The molecule has 1 heterocycles. The Kier molecular flexibility index (Phi) is 5.51. The second-order valence-electron chi connectivity index (χ2n) is 10.8. The first-order chi connectivity index (χ1) is 16.7. The van der Waals surface area contributed by atoms with Crippen LogP contribution in [0.4, 0.5) is 0 Å². The molecule has 35 heavy (non-hydrogen) atoms. The predicted molar refractivity (Wildman–Crippen MR) is 127 cm³/mol. The maximum atomic E-state index is 10.8. The Balaban J connectivity index is 1.19. The molecule has 1 aliphatic heterocycles. The monoisotopic (exact) mass is 502 g/mol. The molecule has 7 nitrogen and oxygen atoms in total. The molecule has 5 atom stereocenters. The molecule has 2 aromatic rings. The Labute approximate surface area is 209 Å². The zero-order valence-corrected chi connectivity index (χ0v) is 20.3. The van der Waals surface area contributed by atoms with Crippen LogP contribution in [0.1, 0.15) is 42.4 Å². The molecule has 6 rings (SSSR count). The first-order valence-corrected chi connectivity index (χ1v) is 12.6.